The highest BCUT2D eigenvalue weighted by atomic mass is 16.7. The van der Waals surface area contributed by atoms with Crippen molar-refractivity contribution in [2.45, 2.75) is 19.4 Å². The fraction of sp³-hybridized carbons (Fsp3) is 0.211. The minimum Gasteiger partial charge on any atom is -0.454 e. The van der Waals surface area contributed by atoms with Gasteiger partial charge in [0.05, 0.1) is 5.69 Å². The van der Waals surface area contributed by atoms with E-state index in [0.717, 1.165) is 5.56 Å². The van der Waals surface area contributed by atoms with E-state index in [9.17, 15) is 9.59 Å². The fourth-order valence-electron chi connectivity index (χ4n) is 2.82. The number of amides is 2. The van der Waals surface area contributed by atoms with Gasteiger partial charge in [-0.3, -0.25) is 9.59 Å². The second-order valence-corrected chi connectivity index (χ2v) is 5.96. The van der Waals surface area contributed by atoms with Crippen LogP contribution in [0.1, 0.15) is 18.4 Å². The molecule has 2 amide bonds. The summed E-state index contributed by atoms with van der Waals surface area (Å²) in [5.74, 6) is 0.973. The zero-order valence-corrected chi connectivity index (χ0v) is 14.0. The third-order valence-corrected chi connectivity index (χ3v) is 4.19. The summed E-state index contributed by atoms with van der Waals surface area (Å²) >= 11 is 0. The number of carbonyl (C=O) groups excluding carboxylic acids is 2. The zero-order chi connectivity index (χ0) is 17.9. The van der Waals surface area contributed by atoms with Crippen molar-refractivity contribution in [3.05, 3.63) is 54.1 Å². The standard InChI is InChI=1S/C19H17N3O4/c23-18-9-7-15(21-22(18)14-4-2-1-3-5-14)19(24)20-11-13-6-8-16-17(10-13)26-12-25-16/h1-6,8,10H,7,9,11-12H2,(H,20,24). The molecule has 0 saturated heterocycles. The van der Waals surface area contributed by atoms with Crippen LogP contribution in [0, 0.1) is 0 Å². The zero-order valence-electron chi connectivity index (χ0n) is 14.0. The van der Waals surface area contributed by atoms with Crippen LogP contribution in [0.4, 0.5) is 5.69 Å². The maximum absolute atomic E-state index is 12.5. The molecule has 26 heavy (non-hydrogen) atoms. The molecule has 0 aliphatic carbocycles. The molecule has 2 aliphatic heterocycles. The van der Waals surface area contributed by atoms with Crippen LogP contribution in [0.3, 0.4) is 0 Å². The van der Waals surface area contributed by atoms with Gasteiger partial charge in [-0.2, -0.15) is 5.10 Å². The monoisotopic (exact) mass is 351 g/mol. The van der Waals surface area contributed by atoms with E-state index in [2.05, 4.69) is 10.4 Å². The van der Waals surface area contributed by atoms with Gasteiger partial charge < -0.3 is 14.8 Å². The SMILES string of the molecule is O=C(NCc1ccc2c(c1)OCO2)C1=NN(c2ccccc2)C(=O)CC1. The van der Waals surface area contributed by atoms with Crippen molar-refractivity contribution >= 4 is 23.2 Å². The number of hydrogen-bond acceptors (Lipinski definition) is 5. The molecule has 0 radical (unpaired) electrons. The predicted molar refractivity (Wildman–Crippen MR) is 95.0 cm³/mol. The van der Waals surface area contributed by atoms with Crippen LogP contribution < -0.4 is 19.8 Å². The Kier molecular flexibility index (Phi) is 4.27. The first-order valence-corrected chi connectivity index (χ1v) is 8.33. The number of fused-ring (bicyclic) bond motifs is 1. The van der Waals surface area contributed by atoms with Crippen LogP contribution in [0.15, 0.2) is 53.6 Å². The molecule has 0 aromatic heterocycles. The van der Waals surface area contributed by atoms with Crippen molar-refractivity contribution < 1.29 is 19.1 Å². The van der Waals surface area contributed by atoms with E-state index in [1.807, 2.05) is 36.4 Å². The molecule has 2 aliphatic rings. The molecule has 0 unspecified atom stereocenters. The van der Waals surface area contributed by atoms with Gasteiger partial charge in [0.25, 0.3) is 5.91 Å². The summed E-state index contributed by atoms with van der Waals surface area (Å²) in [5.41, 5.74) is 1.89. The maximum Gasteiger partial charge on any atom is 0.267 e. The van der Waals surface area contributed by atoms with Gasteiger partial charge in [-0.25, -0.2) is 5.01 Å². The van der Waals surface area contributed by atoms with E-state index in [1.165, 1.54) is 5.01 Å². The molecule has 7 nitrogen and oxygen atoms in total. The lowest BCUT2D eigenvalue weighted by atomic mass is 10.1. The molecule has 2 heterocycles. The van der Waals surface area contributed by atoms with E-state index in [4.69, 9.17) is 9.47 Å². The molecular weight excluding hydrogens is 334 g/mol. The molecule has 0 bridgehead atoms. The van der Waals surface area contributed by atoms with Crippen LogP contribution >= 0.6 is 0 Å². The summed E-state index contributed by atoms with van der Waals surface area (Å²) in [7, 11) is 0. The average Bonchev–Trinajstić information content (AvgIpc) is 3.15. The topological polar surface area (TPSA) is 80.2 Å². The number of para-hydroxylation sites is 1. The van der Waals surface area contributed by atoms with Gasteiger partial charge in [0.15, 0.2) is 11.5 Å². The first-order chi connectivity index (χ1) is 12.7. The number of hydrazone groups is 1. The third-order valence-electron chi connectivity index (χ3n) is 4.19. The summed E-state index contributed by atoms with van der Waals surface area (Å²) in [6, 6.07) is 14.6. The molecule has 0 fully saturated rings. The Labute approximate surface area is 150 Å². The normalized spacial score (nSPS) is 15.6. The highest BCUT2D eigenvalue weighted by Crippen LogP contribution is 2.32. The molecule has 7 heteroatoms. The van der Waals surface area contributed by atoms with Gasteiger partial charge in [-0.15, -0.1) is 0 Å². The Morgan fingerprint density at radius 1 is 1.08 bits per heavy atom. The summed E-state index contributed by atoms with van der Waals surface area (Å²) in [4.78, 5) is 24.6. The molecule has 2 aromatic rings. The van der Waals surface area contributed by atoms with E-state index >= 15 is 0 Å². The molecular formula is C19H17N3O4. The van der Waals surface area contributed by atoms with Gasteiger partial charge >= 0.3 is 0 Å². The Bertz CT molecular complexity index is 880. The van der Waals surface area contributed by atoms with Gasteiger partial charge in [0, 0.05) is 19.4 Å². The van der Waals surface area contributed by atoms with Crippen molar-refractivity contribution in [1.29, 1.82) is 0 Å². The third kappa shape index (κ3) is 3.23. The summed E-state index contributed by atoms with van der Waals surface area (Å²) < 4.78 is 10.6. The van der Waals surface area contributed by atoms with Crippen molar-refractivity contribution in [2.24, 2.45) is 5.10 Å². The van der Waals surface area contributed by atoms with Crippen molar-refractivity contribution in [3.63, 3.8) is 0 Å². The number of nitrogens with one attached hydrogen (secondary N) is 1. The van der Waals surface area contributed by atoms with Crippen LogP contribution in [0.2, 0.25) is 0 Å². The van der Waals surface area contributed by atoms with E-state index in [0.29, 0.717) is 35.9 Å². The number of hydrogen-bond donors (Lipinski definition) is 1. The van der Waals surface area contributed by atoms with Crippen LogP contribution in [0.5, 0.6) is 11.5 Å². The molecule has 132 valence electrons. The molecule has 1 N–H and O–H groups in total. The fourth-order valence-corrected chi connectivity index (χ4v) is 2.82. The smallest absolute Gasteiger partial charge is 0.267 e. The lowest BCUT2D eigenvalue weighted by Gasteiger charge is -2.23. The highest BCUT2D eigenvalue weighted by Gasteiger charge is 2.25. The summed E-state index contributed by atoms with van der Waals surface area (Å²) in [6.45, 7) is 0.555. The molecule has 2 aromatic carbocycles. The van der Waals surface area contributed by atoms with E-state index in [-0.39, 0.29) is 25.0 Å². The van der Waals surface area contributed by atoms with E-state index in [1.54, 1.807) is 12.1 Å². The van der Waals surface area contributed by atoms with Crippen LogP contribution in [-0.2, 0) is 16.1 Å². The Balaban J connectivity index is 1.45. The number of rotatable bonds is 4. The number of carbonyl (C=O) groups is 2. The average molecular weight is 351 g/mol. The van der Waals surface area contributed by atoms with E-state index < -0.39 is 0 Å². The number of anilines is 1. The van der Waals surface area contributed by atoms with Gasteiger partial charge in [0.1, 0.15) is 5.71 Å². The summed E-state index contributed by atoms with van der Waals surface area (Å²) in [6.07, 6.45) is 0.584. The van der Waals surface area contributed by atoms with Crippen molar-refractivity contribution in [2.75, 3.05) is 11.8 Å². The van der Waals surface area contributed by atoms with Gasteiger partial charge in [-0.05, 0) is 29.8 Å². The molecule has 0 saturated carbocycles. The lowest BCUT2D eigenvalue weighted by Crippen LogP contribution is -2.38. The predicted octanol–water partition coefficient (Wildman–Crippen LogP) is 2.21. The number of benzene rings is 2. The largest absolute Gasteiger partial charge is 0.454 e. The van der Waals surface area contributed by atoms with Gasteiger partial charge in [0.2, 0.25) is 12.7 Å². The lowest BCUT2D eigenvalue weighted by molar-refractivity contribution is -0.119. The minimum atomic E-state index is -0.281. The first-order valence-electron chi connectivity index (χ1n) is 8.33. The van der Waals surface area contributed by atoms with Crippen molar-refractivity contribution in [1.82, 2.24) is 5.32 Å². The Morgan fingerprint density at radius 3 is 2.73 bits per heavy atom. The van der Waals surface area contributed by atoms with Crippen molar-refractivity contribution in [3.8, 4) is 11.5 Å². The number of nitrogens with zero attached hydrogens (tertiary/aromatic N) is 2. The minimum absolute atomic E-state index is 0.122. The summed E-state index contributed by atoms with van der Waals surface area (Å²) in [5, 5.41) is 8.38. The molecule has 4 rings (SSSR count). The molecule has 0 spiro atoms. The van der Waals surface area contributed by atoms with Crippen LogP contribution in [0.25, 0.3) is 0 Å². The van der Waals surface area contributed by atoms with Gasteiger partial charge in [-0.1, -0.05) is 24.3 Å². The second-order valence-electron chi connectivity index (χ2n) is 5.96. The quantitative estimate of drug-likeness (QED) is 0.916. The Morgan fingerprint density at radius 2 is 1.88 bits per heavy atom. The Hall–Kier alpha value is -3.35. The maximum atomic E-state index is 12.5. The van der Waals surface area contributed by atoms with Crippen LogP contribution in [-0.4, -0.2) is 24.3 Å². The second kappa shape index (κ2) is 6.87. The number of ether oxygens (including phenoxy) is 2. The first kappa shape index (κ1) is 16.1. The molecule has 0 atom stereocenters. The highest BCUT2D eigenvalue weighted by molar-refractivity contribution is 6.40.